The smallest absolute Gasteiger partial charge is 0.269 e. The van der Waals surface area contributed by atoms with Crippen LogP contribution in [-0.4, -0.2) is 10.8 Å². The van der Waals surface area contributed by atoms with Gasteiger partial charge in [-0.05, 0) is 118 Å². The normalized spacial score (nSPS) is 11.0. The van der Waals surface area contributed by atoms with Crippen molar-refractivity contribution in [2.24, 2.45) is 0 Å². The van der Waals surface area contributed by atoms with Crippen molar-refractivity contribution in [1.29, 1.82) is 5.26 Å². The summed E-state index contributed by atoms with van der Waals surface area (Å²) in [7, 11) is 0. The van der Waals surface area contributed by atoms with E-state index in [0.717, 1.165) is 23.8 Å². The van der Waals surface area contributed by atoms with Crippen LogP contribution in [0.4, 0.5) is 11.4 Å². The molecule has 1 N–H and O–H groups in total. The van der Waals surface area contributed by atoms with Gasteiger partial charge >= 0.3 is 0 Å². The second kappa shape index (κ2) is 11.4. The number of nitrogens with zero attached hydrogens (tertiary/aromatic N) is 2. The summed E-state index contributed by atoms with van der Waals surface area (Å²) >= 11 is 4.28. The minimum absolute atomic E-state index is 0.00736. The van der Waals surface area contributed by atoms with E-state index in [-0.39, 0.29) is 17.9 Å². The van der Waals surface area contributed by atoms with Crippen LogP contribution < -0.4 is 10.1 Å². The molecule has 7 nitrogen and oxygen atoms in total. The topological polar surface area (TPSA) is 105 Å². The van der Waals surface area contributed by atoms with Gasteiger partial charge in [-0.1, -0.05) is 12.1 Å². The zero-order valence-electron chi connectivity index (χ0n) is 18.3. The number of amides is 1. The zero-order valence-corrected chi connectivity index (χ0v) is 22.6. The molecule has 172 valence electrons. The van der Waals surface area contributed by atoms with Crippen molar-refractivity contribution >= 4 is 68.5 Å². The third kappa shape index (κ3) is 6.54. The van der Waals surface area contributed by atoms with E-state index >= 15 is 0 Å². The number of halogens is 2. The highest BCUT2D eigenvalue weighted by atomic mass is 127. The third-order valence-electron chi connectivity index (χ3n) is 4.87. The van der Waals surface area contributed by atoms with Gasteiger partial charge < -0.3 is 10.1 Å². The number of hydrogen-bond donors (Lipinski definition) is 1. The maximum absolute atomic E-state index is 12.7. The number of carbonyl (C=O) groups excluding carboxylic acids is 1. The van der Waals surface area contributed by atoms with E-state index < -0.39 is 10.8 Å². The molecule has 34 heavy (non-hydrogen) atoms. The molecule has 0 aliphatic heterocycles. The number of nitrogens with one attached hydrogen (secondary N) is 1. The Morgan fingerprint density at radius 1 is 1.12 bits per heavy atom. The number of ether oxygens (including phenoxy) is 1. The van der Waals surface area contributed by atoms with E-state index in [0.29, 0.717) is 17.0 Å². The summed E-state index contributed by atoms with van der Waals surface area (Å²) in [4.78, 5) is 23.1. The Morgan fingerprint density at radius 2 is 1.76 bits per heavy atom. The Bertz CT molecular complexity index is 1310. The SMILES string of the molecule is Cc1ccc(C)c(NC(=O)/C(C#N)=C/c2cc(I)c(OCc3ccc([N+](=O)[O-])cc3)c(I)c2)c1. The highest BCUT2D eigenvalue weighted by Crippen LogP contribution is 2.31. The van der Waals surface area contributed by atoms with Gasteiger partial charge in [0, 0.05) is 17.8 Å². The van der Waals surface area contributed by atoms with Gasteiger partial charge in [-0.2, -0.15) is 5.26 Å². The van der Waals surface area contributed by atoms with Crippen molar-refractivity contribution in [2.45, 2.75) is 20.5 Å². The van der Waals surface area contributed by atoms with Crippen molar-refractivity contribution in [3.63, 3.8) is 0 Å². The first kappa shape index (κ1) is 25.6. The Kier molecular flexibility index (Phi) is 8.62. The number of hydrogen-bond acceptors (Lipinski definition) is 5. The molecule has 0 fully saturated rings. The van der Waals surface area contributed by atoms with E-state index in [9.17, 15) is 20.2 Å². The molecule has 0 aromatic heterocycles. The molecule has 1 amide bonds. The van der Waals surface area contributed by atoms with Crippen LogP contribution in [0.25, 0.3) is 6.08 Å². The summed E-state index contributed by atoms with van der Waals surface area (Å²) in [6.07, 6.45) is 1.55. The van der Waals surface area contributed by atoms with Crippen molar-refractivity contribution in [3.8, 4) is 11.8 Å². The molecule has 3 rings (SSSR count). The summed E-state index contributed by atoms with van der Waals surface area (Å²) in [5.74, 6) is 0.190. The molecule has 0 bridgehead atoms. The fourth-order valence-corrected chi connectivity index (χ4v) is 5.17. The first-order chi connectivity index (χ1) is 16.2. The van der Waals surface area contributed by atoms with Crippen molar-refractivity contribution in [2.75, 3.05) is 5.32 Å². The van der Waals surface area contributed by atoms with Crippen LogP contribution in [0.3, 0.4) is 0 Å². The highest BCUT2D eigenvalue weighted by Gasteiger charge is 2.14. The van der Waals surface area contributed by atoms with Crippen LogP contribution in [0.2, 0.25) is 0 Å². The molecule has 0 aliphatic carbocycles. The molecular formula is C25H19I2N3O4. The van der Waals surface area contributed by atoms with Gasteiger partial charge in [0.1, 0.15) is 24.0 Å². The molecule has 9 heteroatoms. The fourth-order valence-electron chi connectivity index (χ4n) is 3.05. The number of rotatable bonds is 7. The molecule has 3 aromatic rings. The Balaban J connectivity index is 1.76. The van der Waals surface area contributed by atoms with Gasteiger partial charge in [-0.25, -0.2) is 0 Å². The summed E-state index contributed by atoms with van der Waals surface area (Å²) < 4.78 is 7.56. The van der Waals surface area contributed by atoms with Gasteiger partial charge in [-0.15, -0.1) is 0 Å². The Morgan fingerprint density at radius 3 is 2.35 bits per heavy atom. The van der Waals surface area contributed by atoms with Gasteiger partial charge in [0.05, 0.1) is 12.1 Å². The largest absolute Gasteiger partial charge is 0.487 e. The lowest BCUT2D eigenvalue weighted by atomic mass is 10.1. The molecule has 0 unspecified atom stereocenters. The molecule has 0 saturated heterocycles. The number of nitriles is 1. The predicted octanol–water partition coefficient (Wildman–Crippen LogP) is 6.55. The van der Waals surface area contributed by atoms with Crippen molar-refractivity contribution < 1.29 is 14.5 Å². The predicted molar refractivity (Wildman–Crippen MR) is 147 cm³/mol. The number of carbonyl (C=O) groups is 1. The Labute approximate surface area is 224 Å². The first-order valence-corrected chi connectivity index (χ1v) is 12.2. The lowest BCUT2D eigenvalue weighted by Gasteiger charge is -2.12. The average molecular weight is 679 g/mol. The molecule has 0 aliphatic rings. The number of nitro benzene ring substituents is 1. The summed E-state index contributed by atoms with van der Waals surface area (Å²) in [6, 6.07) is 17.6. The number of non-ortho nitro benzene ring substituents is 1. The van der Waals surface area contributed by atoms with Crippen molar-refractivity contribution in [3.05, 3.63) is 99.7 Å². The maximum atomic E-state index is 12.7. The molecule has 3 aromatic carbocycles. The third-order valence-corrected chi connectivity index (χ3v) is 6.47. The van der Waals surface area contributed by atoms with E-state index in [1.165, 1.54) is 12.1 Å². The van der Waals surface area contributed by atoms with Gasteiger partial charge in [0.25, 0.3) is 11.6 Å². The minimum atomic E-state index is -0.472. The standard InChI is InChI=1S/C25H19I2N3O4/c1-15-3-4-16(2)23(9-15)29-25(31)19(13-28)10-18-11-21(26)24(22(27)12-18)34-14-17-5-7-20(8-6-17)30(32)33/h3-12H,14H2,1-2H3,(H,29,31)/b19-10+. The van der Waals surface area contributed by atoms with E-state index in [1.54, 1.807) is 18.2 Å². The lowest BCUT2D eigenvalue weighted by Crippen LogP contribution is -2.14. The van der Waals surface area contributed by atoms with Crippen molar-refractivity contribution in [1.82, 2.24) is 0 Å². The van der Waals surface area contributed by atoms with Crippen LogP contribution in [-0.2, 0) is 11.4 Å². The van der Waals surface area contributed by atoms with E-state index in [1.807, 2.05) is 50.2 Å². The highest BCUT2D eigenvalue weighted by molar-refractivity contribution is 14.1. The fraction of sp³-hybridized carbons (Fsp3) is 0.120. The monoisotopic (exact) mass is 679 g/mol. The molecule has 0 saturated carbocycles. The van der Waals surface area contributed by atoms with E-state index in [4.69, 9.17) is 4.74 Å². The van der Waals surface area contributed by atoms with Crippen LogP contribution in [0.1, 0.15) is 22.3 Å². The summed E-state index contributed by atoms with van der Waals surface area (Å²) in [5, 5.41) is 23.2. The van der Waals surface area contributed by atoms with Crippen LogP contribution in [0, 0.1) is 42.4 Å². The van der Waals surface area contributed by atoms with Gasteiger partial charge in [0.2, 0.25) is 0 Å². The average Bonchev–Trinajstić information content (AvgIpc) is 2.79. The molecule has 0 radical (unpaired) electrons. The molecule has 0 spiro atoms. The number of nitro groups is 1. The first-order valence-electron chi connectivity index (χ1n) is 10.0. The van der Waals surface area contributed by atoms with Gasteiger partial charge in [0.15, 0.2) is 0 Å². The van der Waals surface area contributed by atoms with Crippen LogP contribution in [0.5, 0.6) is 5.75 Å². The quantitative estimate of drug-likeness (QED) is 0.100. The maximum Gasteiger partial charge on any atom is 0.269 e. The van der Waals surface area contributed by atoms with Gasteiger partial charge in [-0.3, -0.25) is 14.9 Å². The summed E-state index contributed by atoms with van der Waals surface area (Å²) in [6.45, 7) is 4.08. The minimum Gasteiger partial charge on any atom is -0.487 e. The summed E-state index contributed by atoms with van der Waals surface area (Å²) in [5.41, 5.74) is 4.11. The van der Waals surface area contributed by atoms with Crippen LogP contribution >= 0.6 is 45.2 Å². The number of aryl methyl sites for hydroxylation is 2. The second-order valence-corrected chi connectivity index (χ2v) is 9.79. The van der Waals surface area contributed by atoms with E-state index in [2.05, 4.69) is 50.5 Å². The number of anilines is 1. The second-order valence-electron chi connectivity index (χ2n) is 7.47. The van der Waals surface area contributed by atoms with Crippen LogP contribution in [0.15, 0.2) is 60.2 Å². The molecule has 0 atom stereocenters. The molecule has 0 heterocycles. The number of benzene rings is 3. The Hall–Kier alpha value is -2.98. The zero-order chi connectivity index (χ0) is 24.8. The lowest BCUT2D eigenvalue weighted by molar-refractivity contribution is -0.384. The molecular weight excluding hydrogens is 660 g/mol.